The van der Waals surface area contributed by atoms with E-state index in [1.807, 2.05) is 6.20 Å². The Morgan fingerprint density at radius 3 is 3.09 bits per heavy atom. The van der Waals surface area contributed by atoms with E-state index in [1.54, 1.807) is 22.0 Å². The summed E-state index contributed by atoms with van der Waals surface area (Å²) < 4.78 is 8.79. The predicted molar refractivity (Wildman–Crippen MR) is 74.8 cm³/mol. The van der Waals surface area contributed by atoms with Crippen LogP contribution in [0.1, 0.15) is 21.9 Å². The molecule has 4 rings (SSSR count). The van der Waals surface area contributed by atoms with Crippen molar-refractivity contribution >= 4 is 5.91 Å². The van der Waals surface area contributed by atoms with E-state index in [0.717, 1.165) is 18.1 Å². The van der Waals surface area contributed by atoms with Crippen LogP contribution in [-0.4, -0.2) is 41.7 Å². The van der Waals surface area contributed by atoms with Gasteiger partial charge in [-0.3, -0.25) is 4.79 Å². The highest BCUT2D eigenvalue weighted by atomic mass is 16.3. The van der Waals surface area contributed by atoms with Crippen molar-refractivity contribution < 1.29 is 9.21 Å². The Labute approximate surface area is 126 Å². The van der Waals surface area contributed by atoms with Gasteiger partial charge in [-0.25, -0.2) is 14.6 Å². The predicted octanol–water partition coefficient (Wildman–Crippen LogP) is 0.772. The van der Waals surface area contributed by atoms with Crippen LogP contribution in [-0.2, 0) is 19.6 Å². The second kappa shape index (κ2) is 5.14. The highest BCUT2D eigenvalue weighted by Gasteiger charge is 2.24. The normalized spacial score (nSPS) is 14.1. The Morgan fingerprint density at radius 2 is 2.32 bits per heavy atom. The van der Waals surface area contributed by atoms with Crippen LogP contribution in [0.5, 0.6) is 0 Å². The Morgan fingerprint density at radius 1 is 1.36 bits per heavy atom. The molecule has 1 aliphatic rings. The summed E-state index contributed by atoms with van der Waals surface area (Å²) in [5, 5.41) is 4.08. The zero-order chi connectivity index (χ0) is 14.9. The standard InChI is InChI=1S/C14H14N6O2/c21-14(11-1-4-22-8-11)19-3-2-18-5-12(17-13(18)7-19)6-20-10-15-9-16-20/h1,4-5,8-10H,2-3,6-7H2. The third-order valence-corrected chi connectivity index (χ3v) is 3.70. The van der Waals surface area contributed by atoms with Crippen molar-refractivity contribution in [1.82, 2.24) is 29.2 Å². The molecule has 3 aromatic heterocycles. The van der Waals surface area contributed by atoms with Gasteiger partial charge in [0.1, 0.15) is 24.7 Å². The van der Waals surface area contributed by atoms with Gasteiger partial charge in [0.15, 0.2) is 0 Å². The highest BCUT2D eigenvalue weighted by Crippen LogP contribution is 2.16. The summed E-state index contributed by atoms with van der Waals surface area (Å²) in [5.41, 5.74) is 1.49. The number of fused-ring (bicyclic) bond motifs is 1. The van der Waals surface area contributed by atoms with Crippen LogP contribution >= 0.6 is 0 Å². The molecule has 112 valence electrons. The first kappa shape index (κ1) is 12.8. The SMILES string of the molecule is O=C(c1ccoc1)N1CCn2cc(Cn3cncn3)nc2C1. The molecule has 0 fully saturated rings. The fraction of sp³-hybridized carbons (Fsp3) is 0.286. The van der Waals surface area contributed by atoms with Gasteiger partial charge in [-0.05, 0) is 6.07 Å². The van der Waals surface area contributed by atoms with E-state index in [2.05, 4.69) is 19.6 Å². The van der Waals surface area contributed by atoms with E-state index < -0.39 is 0 Å². The average molecular weight is 298 g/mol. The van der Waals surface area contributed by atoms with Gasteiger partial charge < -0.3 is 13.9 Å². The molecule has 0 bridgehead atoms. The first-order valence-corrected chi connectivity index (χ1v) is 6.98. The number of carbonyl (C=O) groups excluding carboxylic acids is 1. The summed E-state index contributed by atoms with van der Waals surface area (Å²) in [6.07, 6.45) is 8.15. The number of aromatic nitrogens is 5. The van der Waals surface area contributed by atoms with Crippen LogP contribution in [0.15, 0.2) is 41.9 Å². The first-order valence-electron chi connectivity index (χ1n) is 6.98. The Bertz CT molecular complexity index is 774. The molecule has 22 heavy (non-hydrogen) atoms. The maximum absolute atomic E-state index is 12.3. The lowest BCUT2D eigenvalue weighted by Gasteiger charge is -2.27. The quantitative estimate of drug-likeness (QED) is 0.713. The summed E-state index contributed by atoms with van der Waals surface area (Å²) in [6, 6.07) is 1.68. The van der Waals surface area contributed by atoms with Crippen molar-refractivity contribution in [3.05, 3.63) is 54.5 Å². The lowest BCUT2D eigenvalue weighted by molar-refractivity contribution is 0.0707. The lowest BCUT2D eigenvalue weighted by Crippen LogP contribution is -2.38. The molecule has 4 heterocycles. The fourth-order valence-corrected chi connectivity index (χ4v) is 2.61. The molecule has 0 saturated carbocycles. The van der Waals surface area contributed by atoms with E-state index in [9.17, 15) is 4.79 Å². The van der Waals surface area contributed by atoms with E-state index in [0.29, 0.717) is 25.2 Å². The molecule has 0 atom stereocenters. The minimum atomic E-state index is -0.0270. The number of carbonyl (C=O) groups is 1. The van der Waals surface area contributed by atoms with Crippen LogP contribution in [0, 0.1) is 0 Å². The lowest BCUT2D eigenvalue weighted by atomic mass is 10.2. The van der Waals surface area contributed by atoms with Crippen molar-refractivity contribution in [2.24, 2.45) is 0 Å². The van der Waals surface area contributed by atoms with Crippen LogP contribution in [0.4, 0.5) is 0 Å². The molecule has 8 heteroatoms. The van der Waals surface area contributed by atoms with Crippen molar-refractivity contribution in [2.75, 3.05) is 6.54 Å². The number of amides is 1. The van der Waals surface area contributed by atoms with Gasteiger partial charge in [0.25, 0.3) is 5.91 Å². The third-order valence-electron chi connectivity index (χ3n) is 3.70. The molecule has 0 spiro atoms. The van der Waals surface area contributed by atoms with Crippen molar-refractivity contribution in [3.8, 4) is 0 Å². The molecule has 0 aromatic carbocycles. The second-order valence-electron chi connectivity index (χ2n) is 5.17. The number of rotatable bonds is 3. The summed E-state index contributed by atoms with van der Waals surface area (Å²) in [4.78, 5) is 22.6. The summed E-state index contributed by atoms with van der Waals surface area (Å²) in [6.45, 7) is 2.48. The van der Waals surface area contributed by atoms with Gasteiger partial charge in [0.2, 0.25) is 0 Å². The molecule has 8 nitrogen and oxygen atoms in total. The van der Waals surface area contributed by atoms with E-state index in [4.69, 9.17) is 4.42 Å². The van der Waals surface area contributed by atoms with Gasteiger partial charge in [-0.1, -0.05) is 0 Å². The Balaban J connectivity index is 1.51. The average Bonchev–Trinajstić information content (AvgIpc) is 3.27. The van der Waals surface area contributed by atoms with Crippen LogP contribution in [0.25, 0.3) is 0 Å². The van der Waals surface area contributed by atoms with Gasteiger partial charge in [-0.15, -0.1) is 0 Å². The molecule has 1 aliphatic heterocycles. The van der Waals surface area contributed by atoms with Gasteiger partial charge >= 0.3 is 0 Å². The third kappa shape index (κ3) is 2.28. The Kier molecular flexibility index (Phi) is 2.99. The van der Waals surface area contributed by atoms with Crippen LogP contribution in [0.2, 0.25) is 0 Å². The van der Waals surface area contributed by atoms with Gasteiger partial charge in [-0.2, -0.15) is 5.10 Å². The van der Waals surface area contributed by atoms with E-state index in [1.165, 1.54) is 18.9 Å². The smallest absolute Gasteiger partial charge is 0.257 e. The van der Waals surface area contributed by atoms with Crippen LogP contribution in [0.3, 0.4) is 0 Å². The molecule has 0 N–H and O–H groups in total. The minimum Gasteiger partial charge on any atom is -0.472 e. The Hall–Kier alpha value is -2.90. The maximum Gasteiger partial charge on any atom is 0.257 e. The van der Waals surface area contributed by atoms with E-state index >= 15 is 0 Å². The minimum absolute atomic E-state index is 0.0270. The molecular weight excluding hydrogens is 284 g/mol. The number of furan rings is 1. The van der Waals surface area contributed by atoms with Gasteiger partial charge in [0, 0.05) is 19.3 Å². The molecule has 1 amide bonds. The summed E-state index contributed by atoms with van der Waals surface area (Å²) in [5.74, 6) is 0.860. The second-order valence-corrected chi connectivity index (χ2v) is 5.17. The summed E-state index contributed by atoms with van der Waals surface area (Å²) >= 11 is 0. The van der Waals surface area contributed by atoms with E-state index in [-0.39, 0.29) is 5.91 Å². The van der Waals surface area contributed by atoms with Crippen LogP contribution < -0.4 is 0 Å². The largest absolute Gasteiger partial charge is 0.472 e. The zero-order valence-electron chi connectivity index (χ0n) is 11.8. The zero-order valence-corrected chi connectivity index (χ0v) is 11.8. The number of imidazole rings is 1. The molecule has 0 unspecified atom stereocenters. The molecule has 0 radical (unpaired) electrons. The van der Waals surface area contributed by atoms with Crippen molar-refractivity contribution in [2.45, 2.75) is 19.6 Å². The first-order chi connectivity index (χ1) is 10.8. The number of nitrogens with zero attached hydrogens (tertiary/aromatic N) is 6. The molecule has 0 aliphatic carbocycles. The number of hydrogen-bond acceptors (Lipinski definition) is 5. The van der Waals surface area contributed by atoms with Crippen molar-refractivity contribution in [1.29, 1.82) is 0 Å². The van der Waals surface area contributed by atoms with Gasteiger partial charge in [0.05, 0.1) is 30.6 Å². The highest BCUT2D eigenvalue weighted by molar-refractivity contribution is 5.93. The molecule has 0 saturated heterocycles. The maximum atomic E-state index is 12.3. The fourth-order valence-electron chi connectivity index (χ4n) is 2.61. The summed E-state index contributed by atoms with van der Waals surface area (Å²) in [7, 11) is 0. The molecule has 3 aromatic rings. The molecular formula is C14H14N6O2. The number of hydrogen-bond donors (Lipinski definition) is 0. The van der Waals surface area contributed by atoms with Crippen molar-refractivity contribution in [3.63, 3.8) is 0 Å². The monoisotopic (exact) mass is 298 g/mol. The topological polar surface area (TPSA) is 82.0 Å².